The summed E-state index contributed by atoms with van der Waals surface area (Å²) in [6.07, 6.45) is 5.51. The van der Waals surface area contributed by atoms with Crippen LogP contribution >= 0.6 is 0 Å². The van der Waals surface area contributed by atoms with Crippen LogP contribution in [0, 0.1) is 12.7 Å². The van der Waals surface area contributed by atoms with Crippen LogP contribution in [0.3, 0.4) is 0 Å². The second kappa shape index (κ2) is 8.38. The van der Waals surface area contributed by atoms with Crippen molar-refractivity contribution >= 4 is 17.6 Å². The van der Waals surface area contributed by atoms with Crippen molar-refractivity contribution in [1.29, 1.82) is 0 Å². The molecule has 2 amide bonds. The number of rotatable bonds is 5. The van der Waals surface area contributed by atoms with Crippen molar-refractivity contribution in [2.75, 3.05) is 18.0 Å². The molecule has 0 radical (unpaired) electrons. The summed E-state index contributed by atoms with van der Waals surface area (Å²) in [6.45, 7) is 2.83. The van der Waals surface area contributed by atoms with Crippen LogP contribution in [0.5, 0.6) is 0 Å². The molecule has 4 heterocycles. The molecule has 0 saturated carbocycles. The van der Waals surface area contributed by atoms with Crippen molar-refractivity contribution in [1.82, 2.24) is 24.6 Å². The van der Waals surface area contributed by atoms with Crippen LogP contribution in [0.25, 0.3) is 0 Å². The van der Waals surface area contributed by atoms with Crippen LogP contribution in [0.2, 0.25) is 0 Å². The number of halogens is 1. The monoisotopic (exact) mass is 448 g/mol. The predicted molar refractivity (Wildman–Crippen MR) is 119 cm³/mol. The molecule has 0 spiro atoms. The number of carbonyl (C=O) groups is 2. The van der Waals surface area contributed by atoms with E-state index in [-0.39, 0.29) is 30.1 Å². The van der Waals surface area contributed by atoms with E-state index in [4.69, 9.17) is 9.97 Å². The maximum absolute atomic E-state index is 14.1. The van der Waals surface area contributed by atoms with Gasteiger partial charge in [0.15, 0.2) is 5.82 Å². The molecule has 1 aromatic carbocycles. The molecular formula is C24H25FN6O2. The summed E-state index contributed by atoms with van der Waals surface area (Å²) < 4.78 is 15.7. The van der Waals surface area contributed by atoms with E-state index in [9.17, 15) is 14.0 Å². The zero-order valence-corrected chi connectivity index (χ0v) is 18.7. The Morgan fingerprint density at radius 1 is 1.24 bits per heavy atom. The molecule has 5 rings (SSSR count). The summed E-state index contributed by atoms with van der Waals surface area (Å²) >= 11 is 0. The van der Waals surface area contributed by atoms with E-state index >= 15 is 0 Å². The van der Waals surface area contributed by atoms with Gasteiger partial charge in [-0.05, 0) is 37.8 Å². The summed E-state index contributed by atoms with van der Waals surface area (Å²) in [4.78, 5) is 38.8. The lowest BCUT2D eigenvalue weighted by Gasteiger charge is -2.25. The molecule has 0 aliphatic carbocycles. The number of hydrogen-bond donors (Lipinski definition) is 0. The van der Waals surface area contributed by atoms with Gasteiger partial charge in [0.2, 0.25) is 5.91 Å². The third kappa shape index (κ3) is 3.88. The number of hydrogen-bond acceptors (Lipinski definition) is 5. The minimum atomic E-state index is -0.278. The van der Waals surface area contributed by atoms with E-state index in [1.807, 2.05) is 6.92 Å². The Kier molecular flexibility index (Phi) is 5.39. The van der Waals surface area contributed by atoms with Gasteiger partial charge in [0.25, 0.3) is 5.91 Å². The van der Waals surface area contributed by atoms with Gasteiger partial charge in [-0.2, -0.15) is 5.10 Å². The third-order valence-electron chi connectivity index (χ3n) is 6.42. The second-order valence-corrected chi connectivity index (χ2v) is 8.59. The van der Waals surface area contributed by atoms with Gasteiger partial charge in [0.1, 0.15) is 11.6 Å². The molecular weight excluding hydrogens is 423 g/mol. The molecule has 9 heteroatoms. The highest BCUT2D eigenvalue weighted by molar-refractivity contribution is 6.00. The largest absolute Gasteiger partial charge is 0.328 e. The Bertz CT molecular complexity index is 1240. The van der Waals surface area contributed by atoms with Crippen molar-refractivity contribution < 1.29 is 14.0 Å². The maximum atomic E-state index is 14.1. The number of carbonyl (C=O) groups excluding carboxylic acids is 2. The standard InChI is InChI=1S/C24H25FN6O2/c1-15-18-12-21(32)31(11-9-16-6-3-4-7-19(16)25)23(18)28-22(27-15)20-8-5-10-30(20)24(33)17-13-26-29(2)14-17/h3-4,6-7,13-14,20H,5,8-12H2,1-2H3/t20-/m0/s1. The Balaban J connectivity index is 1.42. The van der Waals surface area contributed by atoms with Gasteiger partial charge in [0, 0.05) is 37.6 Å². The van der Waals surface area contributed by atoms with Crippen molar-refractivity contribution in [2.24, 2.45) is 7.05 Å². The summed E-state index contributed by atoms with van der Waals surface area (Å²) in [5, 5.41) is 4.11. The van der Waals surface area contributed by atoms with Crippen molar-refractivity contribution in [3.8, 4) is 0 Å². The first-order chi connectivity index (χ1) is 15.9. The molecule has 1 atom stereocenters. The average molecular weight is 449 g/mol. The molecule has 2 aliphatic rings. The summed E-state index contributed by atoms with van der Waals surface area (Å²) in [5.74, 6) is 0.691. The van der Waals surface area contributed by atoms with Crippen molar-refractivity contribution in [3.05, 3.63) is 70.7 Å². The lowest BCUT2D eigenvalue weighted by atomic mass is 10.1. The quantitative estimate of drug-likeness (QED) is 0.599. The minimum absolute atomic E-state index is 0.0643. The van der Waals surface area contributed by atoms with E-state index in [2.05, 4.69) is 5.10 Å². The third-order valence-corrected chi connectivity index (χ3v) is 6.42. The first-order valence-electron chi connectivity index (χ1n) is 11.1. The fraction of sp³-hybridized carbons (Fsp3) is 0.375. The molecule has 3 aromatic rings. The van der Waals surface area contributed by atoms with Crippen LogP contribution in [-0.2, 0) is 24.7 Å². The molecule has 1 fully saturated rings. The topological polar surface area (TPSA) is 84.2 Å². The summed E-state index contributed by atoms with van der Waals surface area (Å²) in [6, 6.07) is 6.33. The highest BCUT2D eigenvalue weighted by atomic mass is 19.1. The first-order valence-corrected chi connectivity index (χ1v) is 11.1. The van der Waals surface area contributed by atoms with E-state index in [0.717, 1.165) is 24.1 Å². The Morgan fingerprint density at radius 3 is 2.82 bits per heavy atom. The van der Waals surface area contributed by atoms with Crippen LogP contribution in [-0.4, -0.2) is 49.6 Å². The van der Waals surface area contributed by atoms with Gasteiger partial charge in [0.05, 0.1) is 24.2 Å². The highest BCUT2D eigenvalue weighted by Crippen LogP contribution is 2.35. The fourth-order valence-electron chi connectivity index (χ4n) is 4.69. The van der Waals surface area contributed by atoms with E-state index in [0.29, 0.717) is 42.3 Å². The smallest absolute Gasteiger partial charge is 0.257 e. The average Bonchev–Trinajstić information content (AvgIpc) is 3.52. The van der Waals surface area contributed by atoms with Crippen LogP contribution in [0.15, 0.2) is 36.7 Å². The van der Waals surface area contributed by atoms with Gasteiger partial charge < -0.3 is 4.90 Å². The zero-order valence-electron chi connectivity index (χ0n) is 18.7. The fourth-order valence-corrected chi connectivity index (χ4v) is 4.69. The van der Waals surface area contributed by atoms with Gasteiger partial charge in [-0.1, -0.05) is 18.2 Å². The van der Waals surface area contributed by atoms with E-state index in [1.165, 1.54) is 6.07 Å². The number of benzene rings is 1. The van der Waals surface area contributed by atoms with Crippen LogP contribution in [0.4, 0.5) is 10.2 Å². The zero-order chi connectivity index (χ0) is 23.1. The number of amides is 2. The number of nitrogens with zero attached hydrogens (tertiary/aromatic N) is 6. The number of likely N-dealkylation sites (tertiary alicyclic amines) is 1. The van der Waals surface area contributed by atoms with Gasteiger partial charge >= 0.3 is 0 Å². The normalized spacial score (nSPS) is 17.7. The predicted octanol–water partition coefficient (Wildman–Crippen LogP) is 2.77. The highest BCUT2D eigenvalue weighted by Gasteiger charge is 2.36. The molecule has 0 N–H and O–H groups in total. The molecule has 33 heavy (non-hydrogen) atoms. The number of aryl methyl sites for hydroxylation is 2. The molecule has 1 saturated heterocycles. The van der Waals surface area contributed by atoms with E-state index < -0.39 is 0 Å². The van der Waals surface area contributed by atoms with Crippen molar-refractivity contribution in [3.63, 3.8) is 0 Å². The first kappa shape index (κ1) is 21.2. The molecule has 2 aromatic heterocycles. The molecule has 2 aliphatic heterocycles. The Morgan fingerprint density at radius 2 is 2.06 bits per heavy atom. The maximum Gasteiger partial charge on any atom is 0.257 e. The minimum Gasteiger partial charge on any atom is -0.328 e. The van der Waals surface area contributed by atoms with Gasteiger partial charge in [-0.3, -0.25) is 19.2 Å². The molecule has 8 nitrogen and oxygen atoms in total. The van der Waals surface area contributed by atoms with Crippen LogP contribution in [0.1, 0.15) is 51.9 Å². The molecule has 0 unspecified atom stereocenters. The van der Waals surface area contributed by atoms with Crippen LogP contribution < -0.4 is 4.90 Å². The lowest BCUT2D eigenvalue weighted by molar-refractivity contribution is -0.117. The van der Waals surface area contributed by atoms with Gasteiger partial charge in [-0.15, -0.1) is 0 Å². The van der Waals surface area contributed by atoms with E-state index in [1.54, 1.807) is 52.1 Å². The summed E-state index contributed by atoms with van der Waals surface area (Å²) in [7, 11) is 1.78. The Labute approximate surface area is 191 Å². The second-order valence-electron chi connectivity index (χ2n) is 8.59. The molecule has 0 bridgehead atoms. The van der Waals surface area contributed by atoms with Crippen molar-refractivity contribution in [2.45, 2.75) is 38.6 Å². The number of anilines is 1. The SMILES string of the molecule is Cc1nc([C@@H]2CCCN2C(=O)c2cnn(C)c2)nc2c1CC(=O)N2CCc1ccccc1F. The number of aromatic nitrogens is 4. The Hall–Kier alpha value is -3.62. The lowest BCUT2D eigenvalue weighted by Crippen LogP contribution is -2.32. The number of fused-ring (bicyclic) bond motifs is 1. The summed E-state index contributed by atoms with van der Waals surface area (Å²) in [5.41, 5.74) is 2.65. The molecule has 170 valence electrons. The van der Waals surface area contributed by atoms with Gasteiger partial charge in [-0.25, -0.2) is 14.4 Å².